The Kier molecular flexibility index (Phi) is 4.04. The Hall–Kier alpha value is -2.10. The van der Waals surface area contributed by atoms with E-state index in [4.69, 9.17) is 0 Å². The van der Waals surface area contributed by atoms with Crippen molar-refractivity contribution in [3.63, 3.8) is 0 Å². The maximum Gasteiger partial charge on any atom is 0.226 e. The highest BCUT2D eigenvalue weighted by Crippen LogP contribution is 2.22. The number of hydrogen-bond acceptors (Lipinski definition) is 2. The Bertz CT molecular complexity index is 618. The second kappa shape index (κ2) is 6.12. The quantitative estimate of drug-likeness (QED) is 0.935. The van der Waals surface area contributed by atoms with E-state index in [2.05, 4.69) is 33.9 Å². The van der Waals surface area contributed by atoms with Gasteiger partial charge in [0.2, 0.25) is 5.91 Å². The Morgan fingerprint density at radius 1 is 1.33 bits per heavy atom. The topological polar surface area (TPSA) is 46.9 Å². The molecular formula is C17H21N3O. The number of fused-ring (bicyclic) bond motifs is 1. The van der Waals surface area contributed by atoms with Crippen LogP contribution in [0.3, 0.4) is 0 Å². The van der Waals surface area contributed by atoms with Crippen molar-refractivity contribution in [2.24, 2.45) is 0 Å². The van der Waals surface area contributed by atoms with Gasteiger partial charge in [-0.2, -0.15) is 0 Å². The SMILES string of the molecule is C[C@@H](CC(=O)Nc1cnc2n1CCCC2)c1ccccc1. The molecule has 0 fully saturated rings. The number of carbonyl (C=O) groups is 1. The molecule has 0 bridgehead atoms. The first-order valence-corrected chi connectivity index (χ1v) is 7.63. The van der Waals surface area contributed by atoms with Crippen LogP contribution in [0.15, 0.2) is 36.5 Å². The third-order valence-electron chi connectivity index (χ3n) is 4.10. The number of nitrogens with one attached hydrogen (secondary N) is 1. The zero-order valence-corrected chi connectivity index (χ0v) is 12.4. The van der Waals surface area contributed by atoms with Gasteiger partial charge >= 0.3 is 0 Å². The summed E-state index contributed by atoms with van der Waals surface area (Å²) in [4.78, 5) is 16.6. The summed E-state index contributed by atoms with van der Waals surface area (Å²) in [6, 6.07) is 10.2. The highest BCUT2D eigenvalue weighted by atomic mass is 16.1. The number of imidazole rings is 1. The van der Waals surface area contributed by atoms with Gasteiger partial charge in [0.25, 0.3) is 0 Å². The van der Waals surface area contributed by atoms with Crippen molar-refractivity contribution in [2.45, 2.75) is 45.1 Å². The molecule has 0 aliphatic carbocycles. The molecule has 4 nitrogen and oxygen atoms in total. The number of hydrogen-bond donors (Lipinski definition) is 1. The molecule has 3 rings (SSSR count). The molecule has 21 heavy (non-hydrogen) atoms. The van der Waals surface area contributed by atoms with Crippen molar-refractivity contribution >= 4 is 11.7 Å². The standard InChI is InChI=1S/C17H21N3O/c1-13(14-7-3-2-4-8-14)11-17(21)19-16-12-18-15-9-5-6-10-20(15)16/h2-4,7-8,12-13H,5-6,9-11H2,1H3,(H,19,21)/t13-/m0/s1. The third kappa shape index (κ3) is 3.15. The summed E-state index contributed by atoms with van der Waals surface area (Å²) in [5, 5.41) is 3.01. The zero-order valence-electron chi connectivity index (χ0n) is 12.4. The van der Waals surface area contributed by atoms with E-state index in [1.54, 1.807) is 6.20 Å². The van der Waals surface area contributed by atoms with E-state index in [-0.39, 0.29) is 11.8 Å². The summed E-state index contributed by atoms with van der Waals surface area (Å²) in [7, 11) is 0. The van der Waals surface area contributed by atoms with Crippen molar-refractivity contribution in [3.8, 4) is 0 Å². The molecule has 1 atom stereocenters. The summed E-state index contributed by atoms with van der Waals surface area (Å²) in [5.41, 5.74) is 1.20. The lowest BCUT2D eigenvalue weighted by Crippen LogP contribution is -2.19. The number of carbonyl (C=O) groups excluding carboxylic acids is 1. The molecule has 0 saturated heterocycles. The number of amides is 1. The molecule has 110 valence electrons. The highest BCUT2D eigenvalue weighted by Gasteiger charge is 2.17. The first-order chi connectivity index (χ1) is 10.2. The molecule has 2 aromatic rings. The van der Waals surface area contributed by atoms with E-state index < -0.39 is 0 Å². The average Bonchev–Trinajstić information content (AvgIpc) is 2.91. The molecule has 0 radical (unpaired) electrons. The number of aromatic nitrogens is 2. The van der Waals surface area contributed by atoms with Crippen LogP contribution in [0.25, 0.3) is 0 Å². The van der Waals surface area contributed by atoms with Gasteiger partial charge in [-0.25, -0.2) is 4.98 Å². The van der Waals surface area contributed by atoms with E-state index in [1.807, 2.05) is 18.2 Å². The smallest absolute Gasteiger partial charge is 0.226 e. The monoisotopic (exact) mass is 283 g/mol. The van der Waals surface area contributed by atoms with E-state index >= 15 is 0 Å². The maximum atomic E-state index is 12.2. The third-order valence-corrected chi connectivity index (χ3v) is 4.10. The Morgan fingerprint density at radius 2 is 2.14 bits per heavy atom. The average molecular weight is 283 g/mol. The second-order valence-corrected chi connectivity index (χ2v) is 5.73. The molecule has 1 aliphatic heterocycles. The molecule has 1 aliphatic rings. The van der Waals surface area contributed by atoms with Crippen LogP contribution in [0.1, 0.15) is 43.5 Å². The number of nitrogens with zero attached hydrogens (tertiary/aromatic N) is 2. The van der Waals surface area contributed by atoms with Crippen LogP contribution in [0, 0.1) is 0 Å². The summed E-state index contributed by atoms with van der Waals surface area (Å²) in [6.07, 6.45) is 5.63. The minimum Gasteiger partial charge on any atom is -0.315 e. The van der Waals surface area contributed by atoms with Crippen LogP contribution in [0.5, 0.6) is 0 Å². The number of anilines is 1. The van der Waals surface area contributed by atoms with Crippen molar-refractivity contribution in [1.82, 2.24) is 9.55 Å². The summed E-state index contributed by atoms with van der Waals surface area (Å²) < 4.78 is 2.13. The van der Waals surface area contributed by atoms with Gasteiger partial charge in [-0.3, -0.25) is 4.79 Å². The van der Waals surface area contributed by atoms with E-state index in [0.717, 1.165) is 31.0 Å². The molecule has 4 heteroatoms. The summed E-state index contributed by atoms with van der Waals surface area (Å²) in [5.74, 6) is 2.21. The Labute approximate surface area is 125 Å². The van der Waals surface area contributed by atoms with Gasteiger partial charge in [0.15, 0.2) is 0 Å². The van der Waals surface area contributed by atoms with E-state index in [0.29, 0.717) is 6.42 Å². The molecule has 1 N–H and O–H groups in total. The molecule has 1 aromatic heterocycles. The van der Waals surface area contributed by atoms with Crippen LogP contribution in [-0.4, -0.2) is 15.5 Å². The van der Waals surface area contributed by atoms with Gasteiger partial charge in [-0.05, 0) is 24.3 Å². The fourth-order valence-electron chi connectivity index (χ4n) is 2.89. The lowest BCUT2D eigenvalue weighted by Gasteiger charge is -2.17. The first-order valence-electron chi connectivity index (χ1n) is 7.63. The minimum atomic E-state index is 0.0552. The lowest BCUT2D eigenvalue weighted by molar-refractivity contribution is -0.116. The number of aryl methyl sites for hydroxylation is 1. The molecule has 2 heterocycles. The summed E-state index contributed by atoms with van der Waals surface area (Å²) in [6.45, 7) is 3.04. The Morgan fingerprint density at radius 3 is 2.95 bits per heavy atom. The second-order valence-electron chi connectivity index (χ2n) is 5.73. The predicted molar refractivity (Wildman–Crippen MR) is 83.3 cm³/mol. The summed E-state index contributed by atoms with van der Waals surface area (Å²) >= 11 is 0. The fourth-order valence-corrected chi connectivity index (χ4v) is 2.89. The fraction of sp³-hybridized carbons (Fsp3) is 0.412. The highest BCUT2D eigenvalue weighted by molar-refractivity contribution is 5.90. The predicted octanol–water partition coefficient (Wildman–Crippen LogP) is 3.35. The molecule has 1 aromatic carbocycles. The van der Waals surface area contributed by atoms with Gasteiger partial charge in [0.05, 0.1) is 6.20 Å². The van der Waals surface area contributed by atoms with Crippen molar-refractivity contribution in [2.75, 3.05) is 5.32 Å². The first kappa shape index (κ1) is 13.9. The number of benzene rings is 1. The van der Waals surface area contributed by atoms with Gasteiger partial charge in [-0.15, -0.1) is 0 Å². The van der Waals surface area contributed by atoms with Gasteiger partial charge < -0.3 is 9.88 Å². The van der Waals surface area contributed by atoms with Gasteiger partial charge in [-0.1, -0.05) is 37.3 Å². The van der Waals surface area contributed by atoms with Crippen molar-refractivity contribution in [1.29, 1.82) is 0 Å². The van der Waals surface area contributed by atoms with Crippen molar-refractivity contribution in [3.05, 3.63) is 47.9 Å². The van der Waals surface area contributed by atoms with Crippen LogP contribution in [0.4, 0.5) is 5.82 Å². The number of rotatable bonds is 4. The van der Waals surface area contributed by atoms with Crippen LogP contribution >= 0.6 is 0 Å². The van der Waals surface area contributed by atoms with E-state index in [9.17, 15) is 4.79 Å². The van der Waals surface area contributed by atoms with E-state index in [1.165, 1.54) is 12.0 Å². The zero-order chi connectivity index (χ0) is 14.7. The minimum absolute atomic E-state index is 0.0552. The van der Waals surface area contributed by atoms with Gasteiger partial charge in [0, 0.05) is 19.4 Å². The molecule has 0 saturated carbocycles. The maximum absolute atomic E-state index is 12.2. The van der Waals surface area contributed by atoms with Crippen LogP contribution in [0.2, 0.25) is 0 Å². The molecular weight excluding hydrogens is 262 g/mol. The Balaban J connectivity index is 1.63. The van der Waals surface area contributed by atoms with Gasteiger partial charge in [0.1, 0.15) is 11.6 Å². The largest absolute Gasteiger partial charge is 0.315 e. The van der Waals surface area contributed by atoms with Crippen LogP contribution in [-0.2, 0) is 17.8 Å². The molecule has 0 unspecified atom stereocenters. The lowest BCUT2D eigenvalue weighted by atomic mass is 9.98. The van der Waals surface area contributed by atoms with Crippen molar-refractivity contribution < 1.29 is 4.79 Å². The molecule has 1 amide bonds. The van der Waals surface area contributed by atoms with Crippen LogP contribution < -0.4 is 5.32 Å². The molecule has 0 spiro atoms. The normalized spacial score (nSPS) is 15.3.